The van der Waals surface area contributed by atoms with Crippen LogP contribution in [0.5, 0.6) is 0 Å². The van der Waals surface area contributed by atoms with Crippen molar-refractivity contribution in [1.82, 2.24) is 9.88 Å². The summed E-state index contributed by atoms with van der Waals surface area (Å²) in [5, 5.41) is 2.47. The molecule has 1 fully saturated rings. The van der Waals surface area contributed by atoms with E-state index in [4.69, 9.17) is 9.47 Å². The van der Waals surface area contributed by atoms with Gasteiger partial charge in [0.15, 0.2) is 0 Å². The third-order valence-corrected chi connectivity index (χ3v) is 9.18. The molecule has 8 nitrogen and oxygen atoms in total. The third kappa shape index (κ3) is 7.03. The maximum absolute atomic E-state index is 15.5. The molecule has 2 atom stereocenters. The lowest BCUT2D eigenvalue weighted by atomic mass is 9.89. The minimum absolute atomic E-state index is 0.00780. The normalized spacial score (nSPS) is 17.1. The molecular formula is C34H34F7N3O5. The predicted molar refractivity (Wildman–Crippen MR) is 165 cm³/mol. The summed E-state index contributed by atoms with van der Waals surface area (Å²) in [5.74, 6) is -3.00. The zero-order valence-corrected chi connectivity index (χ0v) is 27.1. The summed E-state index contributed by atoms with van der Waals surface area (Å²) >= 11 is 0. The number of esters is 1. The van der Waals surface area contributed by atoms with Crippen LogP contribution in [0.1, 0.15) is 50.3 Å². The van der Waals surface area contributed by atoms with Crippen LogP contribution in [0.4, 0.5) is 36.4 Å². The third-order valence-electron chi connectivity index (χ3n) is 9.18. The molecule has 1 aliphatic carbocycles. The highest BCUT2D eigenvalue weighted by molar-refractivity contribution is 5.98. The lowest BCUT2D eigenvalue weighted by Gasteiger charge is -2.38. The number of nitrogens with zero attached hydrogens (tertiary/aromatic N) is 2. The summed E-state index contributed by atoms with van der Waals surface area (Å²) < 4.78 is 110. The first-order chi connectivity index (χ1) is 22.9. The maximum Gasteiger partial charge on any atom is 0.417 e. The largest absolute Gasteiger partial charge is 0.467 e. The molecule has 1 aliphatic heterocycles. The number of halogens is 7. The number of anilines is 1. The molecule has 1 aromatic heterocycles. The van der Waals surface area contributed by atoms with Gasteiger partial charge in [-0.2, -0.15) is 26.3 Å². The zero-order chi connectivity index (χ0) is 36.0. The van der Waals surface area contributed by atoms with Crippen molar-refractivity contribution >= 4 is 17.6 Å². The van der Waals surface area contributed by atoms with Crippen molar-refractivity contribution in [3.63, 3.8) is 0 Å². The molecule has 0 saturated carbocycles. The summed E-state index contributed by atoms with van der Waals surface area (Å²) in [6, 6.07) is 2.54. The number of methoxy groups -OCH3 is 1. The Morgan fingerprint density at radius 3 is 2.39 bits per heavy atom. The molecule has 0 unspecified atom stereocenters. The first-order valence-corrected chi connectivity index (χ1v) is 15.5. The molecular weight excluding hydrogens is 663 g/mol. The van der Waals surface area contributed by atoms with Crippen LogP contribution in [0.15, 0.2) is 35.1 Å². The lowest BCUT2D eigenvalue weighted by Crippen LogP contribution is -2.53. The number of morpholine rings is 1. The molecule has 0 radical (unpaired) electrons. The second kappa shape index (κ2) is 13.5. The van der Waals surface area contributed by atoms with Crippen LogP contribution in [0, 0.1) is 19.7 Å². The van der Waals surface area contributed by atoms with E-state index >= 15 is 4.39 Å². The van der Waals surface area contributed by atoms with Crippen molar-refractivity contribution < 1.29 is 49.8 Å². The number of nitrogens with one attached hydrogen (secondary N) is 1. The molecule has 15 heteroatoms. The summed E-state index contributed by atoms with van der Waals surface area (Å²) in [7, 11) is 2.47. The van der Waals surface area contributed by atoms with Crippen molar-refractivity contribution in [2.24, 2.45) is 7.05 Å². The van der Waals surface area contributed by atoms with Gasteiger partial charge in [0.1, 0.15) is 17.9 Å². The van der Waals surface area contributed by atoms with Crippen molar-refractivity contribution in [1.29, 1.82) is 0 Å². The Bertz CT molecular complexity index is 1830. The number of hydrogen-bond donors (Lipinski definition) is 1. The number of aryl methyl sites for hydroxylation is 2. The fourth-order valence-electron chi connectivity index (χ4n) is 6.66. The van der Waals surface area contributed by atoms with Gasteiger partial charge in [0.25, 0.3) is 11.5 Å². The van der Waals surface area contributed by atoms with Gasteiger partial charge < -0.3 is 24.3 Å². The van der Waals surface area contributed by atoms with Gasteiger partial charge in [0.05, 0.1) is 37.0 Å². The van der Waals surface area contributed by atoms with Crippen molar-refractivity contribution in [3.8, 4) is 11.1 Å². The van der Waals surface area contributed by atoms with Crippen molar-refractivity contribution in [2.45, 2.75) is 64.0 Å². The second-order valence-corrected chi connectivity index (χ2v) is 12.2. The van der Waals surface area contributed by atoms with Crippen molar-refractivity contribution in [3.05, 3.63) is 85.6 Å². The van der Waals surface area contributed by atoms with Crippen LogP contribution in [0.3, 0.4) is 0 Å². The average molecular weight is 698 g/mol. The number of alkyl halides is 6. The summed E-state index contributed by atoms with van der Waals surface area (Å²) in [4.78, 5) is 40.4. The van der Waals surface area contributed by atoms with Gasteiger partial charge in [-0.25, -0.2) is 9.18 Å². The molecule has 5 rings (SSSR count). The van der Waals surface area contributed by atoms with Crippen LogP contribution in [0.25, 0.3) is 11.1 Å². The number of benzene rings is 2. The Morgan fingerprint density at radius 2 is 1.76 bits per heavy atom. The van der Waals surface area contributed by atoms with Gasteiger partial charge in [-0.1, -0.05) is 12.1 Å². The fourth-order valence-corrected chi connectivity index (χ4v) is 6.66. The molecule has 0 spiro atoms. The molecule has 264 valence electrons. The van der Waals surface area contributed by atoms with E-state index in [1.165, 1.54) is 39.1 Å². The Kier molecular flexibility index (Phi) is 9.88. The van der Waals surface area contributed by atoms with E-state index in [9.17, 15) is 40.7 Å². The minimum Gasteiger partial charge on any atom is -0.467 e. The number of rotatable bonds is 7. The predicted octanol–water partition coefficient (Wildman–Crippen LogP) is 5.60. The number of fused-ring (bicyclic) bond motifs is 1. The number of carbonyl (C=O) groups excluding carboxylic acids is 2. The van der Waals surface area contributed by atoms with Gasteiger partial charge in [0.2, 0.25) is 0 Å². The number of aromatic nitrogens is 1. The summed E-state index contributed by atoms with van der Waals surface area (Å²) in [6.45, 7) is 1.96. The van der Waals surface area contributed by atoms with Crippen molar-refractivity contribution in [2.75, 3.05) is 31.8 Å². The molecule has 3 aromatic rings. The molecule has 1 N–H and O–H groups in total. The van der Waals surface area contributed by atoms with Crippen LogP contribution < -0.4 is 15.8 Å². The molecule has 1 saturated heterocycles. The van der Waals surface area contributed by atoms with Crippen LogP contribution in [-0.4, -0.2) is 61.6 Å². The van der Waals surface area contributed by atoms with Crippen LogP contribution in [0.2, 0.25) is 0 Å². The monoisotopic (exact) mass is 697 g/mol. The Morgan fingerprint density at radius 1 is 1.06 bits per heavy atom. The van der Waals surface area contributed by atoms with E-state index in [1.807, 2.05) is 0 Å². The van der Waals surface area contributed by atoms with E-state index in [0.717, 1.165) is 28.7 Å². The number of amides is 1. The molecule has 49 heavy (non-hydrogen) atoms. The summed E-state index contributed by atoms with van der Waals surface area (Å²) in [6.07, 6.45) is -8.24. The smallest absolute Gasteiger partial charge is 0.417 e. The number of hydrogen-bond acceptors (Lipinski definition) is 6. The molecule has 1 amide bonds. The average Bonchev–Trinajstić information content (AvgIpc) is 3.53. The first kappa shape index (κ1) is 35.9. The van der Waals surface area contributed by atoms with E-state index < -0.39 is 71.0 Å². The maximum atomic E-state index is 15.5. The Balaban J connectivity index is 1.47. The quantitative estimate of drug-likeness (QED) is 0.256. The Hall–Kier alpha value is -4.40. The SMILES string of the molecule is COC(=O)[C@H](Cc1ccc(-c2c(C(F)(F)F)cc(C)n(C)c2=O)c2c1CCC2)NC(=O)c1c(C)cc(N2CCOC[C@@H]2C(F)(F)F)cc1F. The zero-order valence-electron chi connectivity index (χ0n) is 27.1. The van der Waals surface area contributed by atoms with Crippen LogP contribution >= 0.6 is 0 Å². The molecule has 2 heterocycles. The highest BCUT2D eigenvalue weighted by atomic mass is 19.4. The minimum atomic E-state index is -4.80. The number of pyridine rings is 1. The fraction of sp³-hybridized carbons (Fsp3) is 0.441. The van der Waals surface area contributed by atoms with E-state index in [2.05, 4.69) is 5.32 Å². The Labute approximate surface area is 276 Å². The molecule has 2 aromatic carbocycles. The van der Waals surface area contributed by atoms with E-state index in [1.54, 1.807) is 0 Å². The van der Waals surface area contributed by atoms with Gasteiger partial charge in [-0.15, -0.1) is 0 Å². The lowest BCUT2D eigenvalue weighted by molar-refractivity contribution is -0.167. The molecule has 2 aliphatic rings. The van der Waals surface area contributed by atoms with Gasteiger partial charge in [-0.05, 0) is 79.1 Å². The topological polar surface area (TPSA) is 89.9 Å². The number of carbonyl (C=O) groups is 2. The van der Waals surface area contributed by atoms with E-state index in [0.29, 0.717) is 36.0 Å². The molecule has 0 bridgehead atoms. The standard InChI is InChI=1S/C34H34F7N3O5/c1-17-12-20(44-10-11-49-16-27(44)34(39,40)41)15-25(35)28(17)30(45)42-26(32(47)48-4)14-19-8-9-23(22-7-5-6-21(19)22)29-24(33(36,37)38)13-18(2)43(3)31(29)46/h8-9,12-13,15,26-27H,5-7,10-11,14,16H2,1-4H3,(H,42,45)/t26-,27+/m0/s1. The van der Waals surface area contributed by atoms with Crippen LogP contribution in [-0.2, 0) is 46.8 Å². The number of ether oxygens (including phenoxy) is 2. The van der Waals surface area contributed by atoms with Gasteiger partial charge >= 0.3 is 18.3 Å². The van der Waals surface area contributed by atoms with Gasteiger partial charge in [0, 0.05) is 31.4 Å². The highest BCUT2D eigenvalue weighted by Gasteiger charge is 2.46. The van der Waals surface area contributed by atoms with E-state index in [-0.39, 0.29) is 42.1 Å². The summed E-state index contributed by atoms with van der Waals surface area (Å²) in [5.41, 5.74) is -0.940. The van der Waals surface area contributed by atoms with Gasteiger partial charge in [-0.3, -0.25) is 9.59 Å². The highest BCUT2D eigenvalue weighted by Crippen LogP contribution is 2.41. The second-order valence-electron chi connectivity index (χ2n) is 12.2. The first-order valence-electron chi connectivity index (χ1n) is 15.5.